The van der Waals surface area contributed by atoms with E-state index in [9.17, 15) is 9.90 Å². The van der Waals surface area contributed by atoms with E-state index in [4.69, 9.17) is 0 Å². The molecule has 2 heterocycles. The Morgan fingerprint density at radius 2 is 2.06 bits per heavy atom. The summed E-state index contributed by atoms with van der Waals surface area (Å²) in [4.78, 5) is 13.7. The number of hydrogen-bond donors (Lipinski definition) is 1. The third-order valence-corrected chi connectivity index (χ3v) is 3.80. The summed E-state index contributed by atoms with van der Waals surface area (Å²) < 4.78 is 0. The second-order valence-electron chi connectivity index (χ2n) is 4.73. The first kappa shape index (κ1) is 9.70. The van der Waals surface area contributed by atoms with E-state index in [-0.39, 0.29) is 0 Å². The van der Waals surface area contributed by atoms with Crippen LogP contribution in [0.15, 0.2) is 24.3 Å². The molecule has 3 aliphatic rings. The molecule has 2 bridgehead atoms. The summed E-state index contributed by atoms with van der Waals surface area (Å²) in [5, 5.41) is 9.62. The molecule has 1 aliphatic carbocycles. The Hall–Kier alpha value is -1.51. The van der Waals surface area contributed by atoms with Gasteiger partial charge in [-0.15, -0.1) is 0 Å². The number of amides is 1. The summed E-state index contributed by atoms with van der Waals surface area (Å²) in [5.41, 5.74) is 0.930. The molecule has 0 aromatic heterocycles. The van der Waals surface area contributed by atoms with Gasteiger partial charge in [-0.3, -0.25) is 4.79 Å². The fourth-order valence-electron chi connectivity index (χ4n) is 2.71. The average molecular weight is 217 g/mol. The van der Waals surface area contributed by atoms with Gasteiger partial charge in [0.1, 0.15) is 5.75 Å². The Labute approximate surface area is 94.7 Å². The van der Waals surface area contributed by atoms with Crippen LogP contribution < -0.4 is 0 Å². The highest BCUT2D eigenvalue weighted by Crippen LogP contribution is 2.41. The molecule has 3 nitrogen and oxygen atoms in total. The zero-order chi connectivity index (χ0) is 11.1. The van der Waals surface area contributed by atoms with Gasteiger partial charge < -0.3 is 10.0 Å². The molecule has 1 aromatic rings. The molecule has 3 fully saturated rings. The van der Waals surface area contributed by atoms with E-state index in [2.05, 4.69) is 0 Å². The van der Waals surface area contributed by atoms with Crippen LogP contribution in [0.1, 0.15) is 18.4 Å². The van der Waals surface area contributed by atoms with Crippen molar-refractivity contribution < 1.29 is 9.90 Å². The van der Waals surface area contributed by atoms with E-state index >= 15 is 0 Å². The van der Waals surface area contributed by atoms with E-state index in [1.165, 1.54) is 0 Å². The largest absolute Gasteiger partial charge is 0.508 e. The van der Waals surface area contributed by atoms with Gasteiger partial charge in [0.2, 0.25) is 5.91 Å². The number of carbonyl (C=O) groups is 1. The smallest absolute Gasteiger partial charge is 0.226 e. The standard InChI is InChI=1S/C13H15NO2/c15-12-4-2-1-3-9(12)5-6-14-11-7-10(8-11)13(14)16/h1-4,10-11,15H,5-8H2. The van der Waals surface area contributed by atoms with Crippen molar-refractivity contribution in [2.75, 3.05) is 6.54 Å². The number of phenols is 1. The van der Waals surface area contributed by atoms with Crippen molar-refractivity contribution >= 4 is 5.91 Å². The highest BCUT2D eigenvalue weighted by atomic mass is 16.3. The molecule has 2 saturated heterocycles. The number of hydrogen-bond acceptors (Lipinski definition) is 2. The molecule has 0 radical (unpaired) electrons. The second kappa shape index (κ2) is 3.51. The lowest BCUT2D eigenvalue weighted by Crippen LogP contribution is -2.31. The molecule has 16 heavy (non-hydrogen) atoms. The maximum Gasteiger partial charge on any atom is 0.226 e. The minimum Gasteiger partial charge on any atom is -0.508 e. The third kappa shape index (κ3) is 1.39. The molecule has 1 saturated carbocycles. The molecule has 0 spiro atoms. The molecule has 1 aromatic carbocycles. The predicted molar refractivity (Wildman–Crippen MR) is 60.0 cm³/mol. The Bertz CT molecular complexity index is 424. The number of benzene rings is 1. The van der Waals surface area contributed by atoms with Crippen LogP contribution in [-0.4, -0.2) is 28.5 Å². The number of carbonyl (C=O) groups excluding carboxylic acids is 1. The molecule has 1 amide bonds. The maximum atomic E-state index is 11.7. The van der Waals surface area contributed by atoms with Crippen molar-refractivity contribution in [2.24, 2.45) is 5.92 Å². The topological polar surface area (TPSA) is 40.5 Å². The normalized spacial score (nSPS) is 27.0. The Balaban J connectivity index is 1.65. The van der Waals surface area contributed by atoms with E-state index in [0.717, 1.165) is 31.4 Å². The lowest BCUT2D eigenvalue weighted by atomic mass is 9.86. The van der Waals surface area contributed by atoms with Gasteiger partial charge in [-0.05, 0) is 30.9 Å². The van der Waals surface area contributed by atoms with Crippen LogP contribution in [0, 0.1) is 5.92 Å². The van der Waals surface area contributed by atoms with E-state index in [1.54, 1.807) is 6.07 Å². The Kier molecular flexibility index (Phi) is 2.13. The summed E-state index contributed by atoms with van der Waals surface area (Å²) in [5.74, 6) is 0.969. The van der Waals surface area contributed by atoms with Crippen LogP contribution in [0.5, 0.6) is 5.75 Å². The van der Waals surface area contributed by atoms with Crippen LogP contribution in [-0.2, 0) is 11.2 Å². The minimum absolute atomic E-state index is 0.314. The Morgan fingerprint density at radius 1 is 1.31 bits per heavy atom. The average Bonchev–Trinajstić information content (AvgIpc) is 2.67. The zero-order valence-electron chi connectivity index (χ0n) is 9.10. The molecule has 2 aliphatic heterocycles. The minimum atomic E-state index is 0.314. The summed E-state index contributed by atoms with van der Waals surface area (Å²) in [7, 11) is 0. The van der Waals surface area contributed by atoms with Gasteiger partial charge in [0.25, 0.3) is 0 Å². The summed E-state index contributed by atoms with van der Waals surface area (Å²) in [6.07, 6.45) is 2.86. The van der Waals surface area contributed by atoms with Crippen molar-refractivity contribution in [3.63, 3.8) is 0 Å². The summed E-state index contributed by atoms with van der Waals surface area (Å²) in [6, 6.07) is 7.84. The first-order chi connectivity index (χ1) is 7.75. The lowest BCUT2D eigenvalue weighted by molar-refractivity contribution is -0.128. The van der Waals surface area contributed by atoms with Crippen molar-refractivity contribution in [1.82, 2.24) is 4.90 Å². The molecule has 0 unspecified atom stereocenters. The second-order valence-corrected chi connectivity index (χ2v) is 4.73. The zero-order valence-corrected chi connectivity index (χ0v) is 9.10. The molecular weight excluding hydrogens is 202 g/mol. The van der Waals surface area contributed by atoms with Crippen molar-refractivity contribution in [3.05, 3.63) is 29.8 Å². The quantitative estimate of drug-likeness (QED) is 0.834. The van der Waals surface area contributed by atoms with Gasteiger partial charge in [0.15, 0.2) is 0 Å². The predicted octanol–water partition coefficient (Wildman–Crippen LogP) is 1.56. The van der Waals surface area contributed by atoms with Crippen molar-refractivity contribution in [1.29, 1.82) is 0 Å². The number of fused-ring (bicyclic) bond motifs is 1. The van der Waals surface area contributed by atoms with E-state index in [0.29, 0.717) is 23.6 Å². The molecule has 0 atom stereocenters. The number of aromatic hydroxyl groups is 1. The van der Waals surface area contributed by atoms with Gasteiger partial charge >= 0.3 is 0 Å². The van der Waals surface area contributed by atoms with Crippen LogP contribution in [0.2, 0.25) is 0 Å². The molecule has 4 rings (SSSR count). The fourth-order valence-corrected chi connectivity index (χ4v) is 2.71. The van der Waals surface area contributed by atoms with Crippen LogP contribution >= 0.6 is 0 Å². The van der Waals surface area contributed by atoms with Crippen LogP contribution in [0.25, 0.3) is 0 Å². The van der Waals surface area contributed by atoms with E-state index in [1.807, 2.05) is 23.1 Å². The monoisotopic (exact) mass is 217 g/mol. The first-order valence-corrected chi connectivity index (χ1v) is 5.83. The number of nitrogens with zero attached hydrogens (tertiary/aromatic N) is 1. The molecule has 84 valence electrons. The van der Waals surface area contributed by atoms with Crippen LogP contribution in [0.4, 0.5) is 0 Å². The number of para-hydroxylation sites is 1. The highest BCUT2D eigenvalue weighted by molar-refractivity contribution is 5.84. The van der Waals surface area contributed by atoms with Crippen LogP contribution in [0.3, 0.4) is 0 Å². The van der Waals surface area contributed by atoms with E-state index < -0.39 is 0 Å². The summed E-state index contributed by atoms with van der Waals surface area (Å²) in [6.45, 7) is 0.748. The van der Waals surface area contributed by atoms with Crippen molar-refractivity contribution in [3.8, 4) is 5.75 Å². The maximum absolute atomic E-state index is 11.7. The fraction of sp³-hybridized carbons (Fsp3) is 0.462. The third-order valence-electron chi connectivity index (χ3n) is 3.80. The van der Waals surface area contributed by atoms with Gasteiger partial charge in [-0.25, -0.2) is 0 Å². The molecular formula is C13H15NO2. The Morgan fingerprint density at radius 3 is 2.69 bits per heavy atom. The summed E-state index contributed by atoms with van der Waals surface area (Å²) >= 11 is 0. The highest BCUT2D eigenvalue weighted by Gasteiger charge is 2.49. The first-order valence-electron chi connectivity index (χ1n) is 5.83. The van der Waals surface area contributed by atoms with Gasteiger partial charge in [-0.1, -0.05) is 18.2 Å². The van der Waals surface area contributed by atoms with Gasteiger partial charge in [-0.2, -0.15) is 0 Å². The SMILES string of the molecule is O=C1C2CC(C2)N1CCc1ccccc1O. The number of phenolic OH excluding ortho intramolecular Hbond substituents is 1. The van der Waals surface area contributed by atoms with Gasteiger partial charge in [0, 0.05) is 18.5 Å². The number of rotatable bonds is 3. The van der Waals surface area contributed by atoms with Gasteiger partial charge in [0.05, 0.1) is 0 Å². The molecule has 1 N–H and O–H groups in total. The van der Waals surface area contributed by atoms with Crippen molar-refractivity contribution in [2.45, 2.75) is 25.3 Å². The lowest BCUT2D eigenvalue weighted by Gasteiger charge is -2.25. The molecule has 3 heteroatoms.